The van der Waals surface area contributed by atoms with Crippen LogP contribution in [0.4, 0.5) is 32.2 Å². The van der Waals surface area contributed by atoms with E-state index in [4.69, 9.17) is 0 Å². The second-order valence-corrected chi connectivity index (χ2v) is 14.7. The van der Waals surface area contributed by atoms with E-state index in [2.05, 4.69) is 24.5 Å². The number of halogens is 6. The van der Waals surface area contributed by atoms with Crippen LogP contribution in [0.1, 0.15) is 36.8 Å². The Labute approximate surface area is 242 Å². The maximum Gasteiger partial charge on any atom is 0.523 e. The summed E-state index contributed by atoms with van der Waals surface area (Å²) < 4.78 is 122. The number of carbonyl (C=O) groups is 1. The van der Waals surface area contributed by atoms with Gasteiger partial charge in [-0.15, -0.1) is 0 Å². The number of aryl methyl sites for hydroxylation is 1. The van der Waals surface area contributed by atoms with Gasteiger partial charge in [0.15, 0.2) is 0 Å². The highest BCUT2D eigenvalue weighted by Gasteiger charge is 2.49. The molecule has 43 heavy (non-hydrogen) atoms. The third kappa shape index (κ3) is 6.78. The molecule has 10 nitrogen and oxygen atoms in total. The van der Waals surface area contributed by atoms with Crippen molar-refractivity contribution >= 4 is 45.3 Å². The van der Waals surface area contributed by atoms with E-state index in [1.807, 2.05) is 0 Å². The van der Waals surface area contributed by atoms with E-state index in [0.29, 0.717) is 30.1 Å². The number of nitrogens with zero attached hydrogens (tertiary/aromatic N) is 4. The topological polar surface area (TPSA) is 131 Å². The molecular formula is C25H26F6N5O5PS. The smallest absolute Gasteiger partial charge is 0.363 e. The molecule has 1 aliphatic rings. The van der Waals surface area contributed by atoms with Gasteiger partial charge in [-0.3, -0.25) is 14.0 Å². The van der Waals surface area contributed by atoms with E-state index < -0.39 is 52.7 Å². The fourth-order valence-electron chi connectivity index (χ4n) is 4.55. The molecule has 0 radical (unpaired) electrons. The lowest BCUT2D eigenvalue weighted by Crippen LogP contribution is -2.40. The zero-order valence-corrected chi connectivity index (χ0v) is 24.7. The van der Waals surface area contributed by atoms with Crippen LogP contribution in [0.25, 0.3) is 10.9 Å². The minimum atomic E-state index is -6.34. The van der Waals surface area contributed by atoms with Crippen molar-refractivity contribution in [3.05, 3.63) is 53.2 Å². The lowest BCUT2D eigenvalue weighted by Gasteiger charge is -2.31. The number of nitrogens with one attached hydrogen (secondary N) is 1. The molecule has 1 atom stereocenters. The number of alkyl halides is 5. The van der Waals surface area contributed by atoms with Crippen molar-refractivity contribution in [1.29, 1.82) is 0 Å². The maximum absolute atomic E-state index is 15.4. The molecular weight excluding hydrogens is 627 g/mol. The number of carbonyl (C=O) groups excluding carboxylic acids is 1. The summed E-state index contributed by atoms with van der Waals surface area (Å²) in [5, 5.41) is 3.28. The van der Waals surface area contributed by atoms with Gasteiger partial charge in [0.2, 0.25) is 5.91 Å². The van der Waals surface area contributed by atoms with Crippen molar-refractivity contribution in [2.45, 2.75) is 38.2 Å². The zero-order chi connectivity index (χ0) is 32.0. The van der Waals surface area contributed by atoms with Gasteiger partial charge < -0.3 is 14.8 Å². The van der Waals surface area contributed by atoms with Crippen LogP contribution in [0.15, 0.2) is 30.5 Å². The molecule has 0 unspecified atom stereocenters. The molecule has 0 aliphatic carbocycles. The Morgan fingerprint density at radius 3 is 2.42 bits per heavy atom. The predicted octanol–water partition coefficient (Wildman–Crippen LogP) is 4.45. The fraction of sp³-hybridized carbons (Fsp3) is 0.440. The first-order chi connectivity index (χ1) is 19.8. The minimum absolute atomic E-state index is 0.130. The van der Waals surface area contributed by atoms with Crippen molar-refractivity contribution in [2.75, 3.05) is 37.3 Å². The number of pyridine rings is 1. The van der Waals surface area contributed by atoms with Crippen LogP contribution in [0.2, 0.25) is 0 Å². The Balaban J connectivity index is 1.63. The summed E-state index contributed by atoms with van der Waals surface area (Å²) in [5.41, 5.74) is -7.01. The van der Waals surface area contributed by atoms with Crippen molar-refractivity contribution in [3.63, 3.8) is 0 Å². The molecule has 1 aromatic carbocycles. The van der Waals surface area contributed by atoms with Crippen molar-refractivity contribution < 1.29 is 48.3 Å². The molecule has 18 heteroatoms. The second kappa shape index (κ2) is 11.7. The van der Waals surface area contributed by atoms with Gasteiger partial charge in [-0.05, 0) is 26.0 Å². The third-order valence-corrected chi connectivity index (χ3v) is 10.8. The van der Waals surface area contributed by atoms with Gasteiger partial charge in [0.1, 0.15) is 36.6 Å². The first-order valence-electron chi connectivity index (χ1n) is 12.7. The number of anilines is 1. The average molecular weight is 654 g/mol. The summed E-state index contributed by atoms with van der Waals surface area (Å²) in [4.78, 5) is 26.3. The number of aromatic nitrogens is 3. The highest BCUT2D eigenvalue weighted by molar-refractivity contribution is 7.87. The summed E-state index contributed by atoms with van der Waals surface area (Å²) in [6.45, 7) is 2.73. The number of benzene rings is 1. The van der Waals surface area contributed by atoms with Gasteiger partial charge in [0, 0.05) is 43.3 Å². The lowest BCUT2D eigenvalue weighted by molar-refractivity contribution is -0.128. The lowest BCUT2D eigenvalue weighted by atomic mass is 10.00. The van der Waals surface area contributed by atoms with E-state index in [9.17, 15) is 39.7 Å². The van der Waals surface area contributed by atoms with Crippen molar-refractivity contribution in [3.8, 4) is 0 Å². The summed E-state index contributed by atoms with van der Waals surface area (Å²) in [7, 11) is -9.33. The van der Waals surface area contributed by atoms with Crippen LogP contribution in [0, 0.1) is 12.7 Å². The van der Waals surface area contributed by atoms with Gasteiger partial charge in [-0.2, -0.15) is 30.4 Å². The standard InChI is InChI=1S/C25H26F6N5O5PS/c1-14(17-5-4-6-19(22(17)26)24(27,28)13-41-43(39,40)25(29,30)31)33-23-18-11-21(32-12-20(18)34-15(2)35-23)42(38)9-7-36(8-10-42)16(3)37/h4-6,11-12,14H,7-10,13H2,1-3H3,(H,33,34,35)/t14-/m1/s1. The van der Waals surface area contributed by atoms with Gasteiger partial charge >= 0.3 is 15.6 Å². The molecule has 234 valence electrons. The molecule has 3 heterocycles. The number of hydrogen-bond acceptors (Lipinski definition) is 9. The first kappa shape index (κ1) is 32.6. The predicted molar refractivity (Wildman–Crippen MR) is 145 cm³/mol. The maximum atomic E-state index is 15.4. The second-order valence-electron chi connectivity index (χ2n) is 9.96. The molecule has 1 fully saturated rings. The number of fused-ring (bicyclic) bond motifs is 1. The highest BCUT2D eigenvalue weighted by atomic mass is 32.2. The Morgan fingerprint density at radius 2 is 1.81 bits per heavy atom. The molecule has 3 aromatic rings. The van der Waals surface area contributed by atoms with E-state index >= 15 is 4.39 Å². The van der Waals surface area contributed by atoms with Crippen molar-refractivity contribution in [2.24, 2.45) is 0 Å². The molecule has 4 rings (SSSR count). The van der Waals surface area contributed by atoms with E-state index in [1.165, 1.54) is 26.1 Å². The summed E-state index contributed by atoms with van der Waals surface area (Å²) in [6.07, 6.45) is 1.84. The molecule has 0 bridgehead atoms. The van der Waals surface area contributed by atoms with E-state index in [0.717, 1.165) is 12.1 Å². The number of amides is 1. The molecule has 2 aromatic heterocycles. The van der Waals surface area contributed by atoms with Crippen LogP contribution in [-0.2, 0) is 29.6 Å². The molecule has 1 amide bonds. The average Bonchev–Trinajstić information content (AvgIpc) is 2.91. The van der Waals surface area contributed by atoms with E-state index in [-0.39, 0.29) is 40.9 Å². The third-order valence-electron chi connectivity index (χ3n) is 6.93. The van der Waals surface area contributed by atoms with Crippen LogP contribution >= 0.6 is 7.14 Å². The molecule has 0 spiro atoms. The SMILES string of the molecule is CC(=O)N1CCP(=O)(c2cc3c(N[C@H](C)c4cccc(C(F)(F)COS(=O)(=O)C(F)(F)F)c4F)nc(C)nc3cn2)CC1. The summed E-state index contributed by atoms with van der Waals surface area (Å²) in [6, 6.07) is 3.27. The van der Waals surface area contributed by atoms with Crippen LogP contribution in [0.3, 0.4) is 0 Å². The first-order valence-corrected chi connectivity index (χ1v) is 16.2. The monoisotopic (exact) mass is 653 g/mol. The van der Waals surface area contributed by atoms with Crippen LogP contribution in [-0.4, -0.2) is 71.7 Å². The van der Waals surface area contributed by atoms with Gasteiger partial charge in [-0.1, -0.05) is 12.1 Å². The Hall–Kier alpha value is -3.30. The van der Waals surface area contributed by atoms with E-state index in [1.54, 1.807) is 11.8 Å². The Bertz CT molecular complexity index is 1710. The summed E-state index contributed by atoms with van der Waals surface area (Å²) in [5.74, 6) is -5.65. The highest BCUT2D eigenvalue weighted by Crippen LogP contribution is 2.46. The van der Waals surface area contributed by atoms with Gasteiger partial charge in [0.05, 0.1) is 23.3 Å². The fourth-order valence-corrected chi connectivity index (χ4v) is 7.43. The molecule has 1 aliphatic heterocycles. The van der Waals surface area contributed by atoms with Gasteiger partial charge in [-0.25, -0.2) is 14.4 Å². The minimum Gasteiger partial charge on any atom is -0.363 e. The van der Waals surface area contributed by atoms with Gasteiger partial charge in [0.25, 0.3) is 5.92 Å². The molecule has 0 saturated carbocycles. The summed E-state index contributed by atoms with van der Waals surface area (Å²) >= 11 is 0. The Morgan fingerprint density at radius 1 is 1.16 bits per heavy atom. The van der Waals surface area contributed by atoms with Crippen LogP contribution < -0.4 is 10.8 Å². The quantitative estimate of drug-likeness (QED) is 0.162. The molecule has 1 saturated heterocycles. The largest absolute Gasteiger partial charge is 0.523 e. The molecule has 1 N–H and O–H groups in total. The zero-order valence-electron chi connectivity index (χ0n) is 23.0. The number of hydrogen-bond donors (Lipinski definition) is 1. The number of rotatable bonds is 8. The normalized spacial score (nSPS) is 16.7. The van der Waals surface area contributed by atoms with Crippen LogP contribution in [0.5, 0.6) is 0 Å². The van der Waals surface area contributed by atoms with Crippen molar-refractivity contribution in [1.82, 2.24) is 19.9 Å². The Kier molecular flexibility index (Phi) is 8.84.